The number of anilines is 1. The summed E-state index contributed by atoms with van der Waals surface area (Å²) in [6.07, 6.45) is 0. The lowest BCUT2D eigenvalue weighted by atomic mass is 9.91. The third-order valence-corrected chi connectivity index (χ3v) is 6.22. The minimum Gasteiger partial charge on any atom is -0.454 e. The molecule has 2 aromatic rings. The van der Waals surface area contributed by atoms with E-state index in [4.69, 9.17) is 16.3 Å². The Hall–Kier alpha value is -2.38. The average molecular weight is 424 g/mol. The molecule has 28 heavy (non-hydrogen) atoms. The number of halogens is 1. The quantitative estimate of drug-likeness (QED) is 0.657. The van der Waals surface area contributed by atoms with E-state index in [1.807, 2.05) is 0 Å². The molecular weight excluding hydrogens is 402 g/mol. The van der Waals surface area contributed by atoms with Crippen LogP contribution in [0.4, 0.5) is 5.69 Å². The lowest BCUT2D eigenvalue weighted by Crippen LogP contribution is -2.27. The Labute approximate surface area is 170 Å². The molecule has 0 atom stereocenters. The molecule has 2 aromatic carbocycles. The minimum atomic E-state index is -3.92. The molecular formula is C20H22ClNO5S. The van der Waals surface area contributed by atoms with Gasteiger partial charge < -0.3 is 4.74 Å². The molecule has 0 aliphatic rings. The fourth-order valence-corrected chi connectivity index (χ4v) is 3.60. The van der Waals surface area contributed by atoms with Gasteiger partial charge in [-0.25, -0.2) is 13.2 Å². The maximum atomic E-state index is 12.9. The van der Waals surface area contributed by atoms with Crippen molar-refractivity contribution in [1.29, 1.82) is 0 Å². The zero-order chi connectivity index (χ0) is 21.1. The number of rotatable bonds is 6. The zero-order valence-corrected chi connectivity index (χ0v) is 17.7. The Morgan fingerprint density at radius 3 is 2.25 bits per heavy atom. The number of ether oxygens (including phenoxy) is 1. The maximum Gasteiger partial charge on any atom is 0.340 e. The predicted octanol–water partition coefficient (Wildman–Crippen LogP) is 3.94. The summed E-state index contributed by atoms with van der Waals surface area (Å²) in [7, 11) is -2.50. The lowest BCUT2D eigenvalue weighted by Gasteiger charge is -2.20. The van der Waals surface area contributed by atoms with Gasteiger partial charge in [-0.1, -0.05) is 50.6 Å². The minimum absolute atomic E-state index is 0.0366. The first-order valence-electron chi connectivity index (χ1n) is 8.48. The second-order valence-corrected chi connectivity index (χ2v) is 9.58. The second-order valence-electron chi connectivity index (χ2n) is 7.20. The van der Waals surface area contributed by atoms with Crippen molar-refractivity contribution < 1.29 is 22.7 Å². The number of hydrogen-bond acceptors (Lipinski definition) is 5. The van der Waals surface area contributed by atoms with Crippen molar-refractivity contribution in [3.05, 3.63) is 59.1 Å². The number of sulfonamides is 1. The Bertz CT molecular complexity index is 981. The van der Waals surface area contributed by atoms with Gasteiger partial charge in [0.15, 0.2) is 12.4 Å². The van der Waals surface area contributed by atoms with Gasteiger partial charge in [-0.15, -0.1) is 0 Å². The van der Waals surface area contributed by atoms with Crippen molar-refractivity contribution in [1.82, 2.24) is 0 Å². The van der Waals surface area contributed by atoms with Gasteiger partial charge in [0.25, 0.3) is 10.0 Å². The van der Waals surface area contributed by atoms with Gasteiger partial charge in [0.2, 0.25) is 0 Å². The molecule has 0 amide bonds. The molecule has 0 aromatic heterocycles. The SMILES string of the molecule is CN(c1ccccc1)S(=O)(=O)c1ccc(Cl)c(C(=O)OCC(=O)C(C)(C)C)c1. The molecule has 0 radical (unpaired) electrons. The fraction of sp³-hybridized carbons (Fsp3) is 0.300. The summed E-state index contributed by atoms with van der Waals surface area (Å²) in [5.74, 6) is -1.12. The molecule has 0 N–H and O–H groups in total. The molecule has 0 spiro atoms. The van der Waals surface area contributed by atoms with E-state index < -0.39 is 28.0 Å². The maximum absolute atomic E-state index is 12.9. The van der Waals surface area contributed by atoms with Crippen LogP contribution >= 0.6 is 11.6 Å². The molecule has 0 saturated carbocycles. The number of benzene rings is 2. The zero-order valence-electron chi connectivity index (χ0n) is 16.1. The summed E-state index contributed by atoms with van der Waals surface area (Å²) in [5.41, 5.74) is -0.309. The standard InChI is InChI=1S/C20H22ClNO5S/c1-20(2,3)18(23)13-27-19(24)16-12-15(10-11-17(16)21)28(25,26)22(4)14-8-6-5-7-9-14/h5-12H,13H2,1-4H3. The van der Waals surface area contributed by atoms with Crippen molar-refractivity contribution in [2.24, 2.45) is 5.41 Å². The summed E-state index contributed by atoms with van der Waals surface area (Å²) >= 11 is 6.05. The van der Waals surface area contributed by atoms with Gasteiger partial charge in [0.1, 0.15) is 0 Å². The number of carbonyl (C=O) groups is 2. The van der Waals surface area contributed by atoms with Crippen LogP contribution in [0.5, 0.6) is 0 Å². The summed E-state index contributed by atoms with van der Waals surface area (Å²) in [5, 5.41) is 0.0366. The number of carbonyl (C=O) groups excluding carboxylic acids is 2. The largest absolute Gasteiger partial charge is 0.454 e. The van der Waals surface area contributed by atoms with Crippen LogP contribution in [0.15, 0.2) is 53.4 Å². The van der Waals surface area contributed by atoms with E-state index in [2.05, 4.69) is 0 Å². The molecule has 0 aliphatic heterocycles. The molecule has 0 heterocycles. The van der Waals surface area contributed by atoms with Gasteiger partial charge in [0.05, 0.1) is 21.2 Å². The first kappa shape index (κ1) is 21.9. The summed E-state index contributed by atoms with van der Waals surface area (Å²) < 4.78 is 31.9. The van der Waals surface area contributed by atoms with E-state index in [1.54, 1.807) is 51.1 Å². The highest BCUT2D eigenvalue weighted by atomic mass is 35.5. The van der Waals surface area contributed by atoms with Crippen LogP contribution in [0.25, 0.3) is 0 Å². The molecule has 0 fully saturated rings. The average Bonchev–Trinajstić information content (AvgIpc) is 2.65. The number of para-hydroxylation sites is 1. The van der Waals surface area contributed by atoms with Crippen LogP contribution < -0.4 is 4.31 Å². The smallest absolute Gasteiger partial charge is 0.340 e. The molecule has 0 saturated heterocycles. The second kappa shape index (κ2) is 8.32. The van der Waals surface area contributed by atoms with E-state index in [-0.39, 0.29) is 21.3 Å². The highest BCUT2D eigenvalue weighted by Crippen LogP contribution is 2.26. The molecule has 2 rings (SSSR count). The van der Waals surface area contributed by atoms with Crippen LogP contribution in [0.1, 0.15) is 31.1 Å². The normalized spacial score (nSPS) is 11.8. The number of nitrogens with zero attached hydrogens (tertiary/aromatic N) is 1. The number of ketones is 1. The molecule has 6 nitrogen and oxygen atoms in total. The van der Waals surface area contributed by atoms with Crippen LogP contribution in [0.2, 0.25) is 5.02 Å². The van der Waals surface area contributed by atoms with Gasteiger partial charge in [-0.05, 0) is 30.3 Å². The fourth-order valence-electron chi connectivity index (χ4n) is 2.18. The third-order valence-electron chi connectivity index (χ3n) is 4.11. The highest BCUT2D eigenvalue weighted by molar-refractivity contribution is 7.92. The van der Waals surface area contributed by atoms with E-state index in [9.17, 15) is 18.0 Å². The van der Waals surface area contributed by atoms with Gasteiger partial charge in [0, 0.05) is 12.5 Å². The Morgan fingerprint density at radius 1 is 1.07 bits per heavy atom. The molecule has 150 valence electrons. The Morgan fingerprint density at radius 2 is 1.68 bits per heavy atom. The Kier molecular flexibility index (Phi) is 6.52. The first-order chi connectivity index (χ1) is 12.9. The number of esters is 1. The van der Waals surface area contributed by atoms with E-state index in [0.29, 0.717) is 5.69 Å². The van der Waals surface area contributed by atoms with Crippen molar-refractivity contribution in [2.75, 3.05) is 18.0 Å². The summed E-state index contributed by atoms with van der Waals surface area (Å²) in [6.45, 7) is 4.72. The third kappa shape index (κ3) is 4.91. The van der Waals surface area contributed by atoms with Crippen LogP contribution in [-0.2, 0) is 19.6 Å². The van der Waals surface area contributed by atoms with Crippen molar-refractivity contribution >= 4 is 39.1 Å². The number of Topliss-reactive ketones (excluding diaryl/α,β-unsaturated/α-hetero) is 1. The van der Waals surface area contributed by atoms with E-state index in [1.165, 1.54) is 19.2 Å². The van der Waals surface area contributed by atoms with Gasteiger partial charge in [-0.2, -0.15) is 0 Å². The van der Waals surface area contributed by atoms with Crippen LogP contribution in [0, 0.1) is 5.41 Å². The topological polar surface area (TPSA) is 80.8 Å². The first-order valence-corrected chi connectivity index (χ1v) is 10.3. The number of hydrogen-bond donors (Lipinski definition) is 0. The molecule has 0 aliphatic carbocycles. The molecule has 0 unspecified atom stereocenters. The lowest BCUT2D eigenvalue weighted by molar-refractivity contribution is -0.129. The summed E-state index contributed by atoms with van der Waals surface area (Å²) in [4.78, 5) is 24.2. The van der Waals surface area contributed by atoms with Crippen molar-refractivity contribution in [2.45, 2.75) is 25.7 Å². The van der Waals surface area contributed by atoms with Crippen molar-refractivity contribution in [3.63, 3.8) is 0 Å². The van der Waals surface area contributed by atoms with E-state index >= 15 is 0 Å². The molecule has 8 heteroatoms. The van der Waals surface area contributed by atoms with E-state index in [0.717, 1.165) is 10.4 Å². The highest BCUT2D eigenvalue weighted by Gasteiger charge is 2.26. The predicted molar refractivity (Wildman–Crippen MR) is 108 cm³/mol. The van der Waals surface area contributed by atoms with Gasteiger partial charge >= 0.3 is 5.97 Å². The Balaban J connectivity index is 2.29. The van der Waals surface area contributed by atoms with Crippen LogP contribution in [-0.4, -0.2) is 33.8 Å². The van der Waals surface area contributed by atoms with Crippen molar-refractivity contribution in [3.8, 4) is 0 Å². The van der Waals surface area contributed by atoms with Gasteiger partial charge in [-0.3, -0.25) is 9.10 Å². The monoisotopic (exact) mass is 423 g/mol. The van der Waals surface area contributed by atoms with Crippen LogP contribution in [0.3, 0.4) is 0 Å². The summed E-state index contributed by atoms with van der Waals surface area (Å²) in [6, 6.07) is 12.3. The molecule has 0 bridgehead atoms.